The third-order valence-corrected chi connectivity index (χ3v) is 4.78. The molecule has 2 N–H and O–H groups in total. The molecule has 2 fully saturated rings. The number of hydrogen-bond donors (Lipinski definition) is 1. The molecule has 0 aromatic carbocycles. The SMILES string of the molecule is Nc1cn(C2CC(F)(F)C2)nc1-c1nn(C2CC(F)(F)C2)cc1[N+](=O)[O-]. The summed E-state index contributed by atoms with van der Waals surface area (Å²) in [6, 6.07) is -1.20. The first-order valence-corrected chi connectivity index (χ1v) is 7.89. The molecule has 0 amide bonds. The zero-order valence-corrected chi connectivity index (χ0v) is 13.3. The van der Waals surface area contributed by atoms with Gasteiger partial charge in [-0.1, -0.05) is 0 Å². The largest absolute Gasteiger partial charge is 0.396 e. The smallest absolute Gasteiger partial charge is 0.316 e. The van der Waals surface area contributed by atoms with E-state index in [1.807, 2.05) is 0 Å². The van der Waals surface area contributed by atoms with Crippen LogP contribution in [-0.4, -0.2) is 36.3 Å². The first kappa shape index (κ1) is 16.8. The van der Waals surface area contributed by atoms with Crippen molar-refractivity contribution in [3.63, 3.8) is 0 Å². The minimum atomic E-state index is -2.80. The maximum atomic E-state index is 13.1. The minimum absolute atomic E-state index is 0.0169. The molecule has 2 aliphatic carbocycles. The van der Waals surface area contributed by atoms with Gasteiger partial charge in [-0.05, 0) is 0 Å². The van der Waals surface area contributed by atoms with Crippen LogP contribution in [0, 0.1) is 10.1 Å². The van der Waals surface area contributed by atoms with E-state index >= 15 is 0 Å². The average Bonchev–Trinajstić information content (AvgIpc) is 3.05. The van der Waals surface area contributed by atoms with Gasteiger partial charge in [-0.3, -0.25) is 19.5 Å². The molecule has 0 spiro atoms. The zero-order valence-electron chi connectivity index (χ0n) is 13.3. The van der Waals surface area contributed by atoms with Crippen LogP contribution in [0.5, 0.6) is 0 Å². The third-order valence-electron chi connectivity index (χ3n) is 4.78. The lowest BCUT2D eigenvalue weighted by molar-refractivity contribution is -0.384. The van der Waals surface area contributed by atoms with E-state index in [9.17, 15) is 27.7 Å². The number of alkyl halides is 4. The third kappa shape index (κ3) is 2.69. The van der Waals surface area contributed by atoms with Crippen LogP contribution in [0.3, 0.4) is 0 Å². The predicted octanol–water partition coefficient (Wildman–Crippen LogP) is 3.18. The Morgan fingerprint density at radius 1 is 1.00 bits per heavy atom. The van der Waals surface area contributed by atoms with Crippen LogP contribution in [0.15, 0.2) is 12.4 Å². The maximum Gasteiger partial charge on any atom is 0.316 e. The summed E-state index contributed by atoms with van der Waals surface area (Å²) in [5, 5.41) is 19.4. The molecule has 12 heteroatoms. The molecular weight excluding hydrogens is 360 g/mol. The fourth-order valence-electron chi connectivity index (χ4n) is 3.28. The number of rotatable bonds is 4. The molecule has 0 bridgehead atoms. The quantitative estimate of drug-likeness (QED) is 0.503. The van der Waals surface area contributed by atoms with Crippen molar-refractivity contribution < 1.29 is 22.5 Å². The van der Waals surface area contributed by atoms with E-state index in [1.54, 1.807) is 0 Å². The molecule has 26 heavy (non-hydrogen) atoms. The van der Waals surface area contributed by atoms with Gasteiger partial charge in [0.15, 0.2) is 5.69 Å². The summed E-state index contributed by atoms with van der Waals surface area (Å²) in [5.74, 6) is -5.56. The van der Waals surface area contributed by atoms with Crippen molar-refractivity contribution in [2.45, 2.75) is 49.6 Å². The van der Waals surface area contributed by atoms with Crippen molar-refractivity contribution in [3.8, 4) is 11.4 Å². The van der Waals surface area contributed by atoms with Crippen LogP contribution in [0.4, 0.5) is 28.9 Å². The molecule has 2 heterocycles. The van der Waals surface area contributed by atoms with Gasteiger partial charge in [0.1, 0.15) is 11.9 Å². The van der Waals surface area contributed by atoms with E-state index in [-0.39, 0.29) is 29.9 Å². The summed E-state index contributed by atoms with van der Waals surface area (Å²) < 4.78 is 54.6. The molecule has 0 atom stereocenters. The minimum Gasteiger partial charge on any atom is -0.396 e. The van der Waals surface area contributed by atoms with Gasteiger partial charge in [0, 0.05) is 31.9 Å². The van der Waals surface area contributed by atoms with Crippen LogP contribution in [0.2, 0.25) is 0 Å². The molecule has 2 aliphatic rings. The van der Waals surface area contributed by atoms with Gasteiger partial charge in [0.05, 0.1) is 22.7 Å². The highest BCUT2D eigenvalue weighted by atomic mass is 19.3. The Balaban J connectivity index is 1.66. The molecule has 0 unspecified atom stereocenters. The van der Waals surface area contributed by atoms with Crippen molar-refractivity contribution in [1.29, 1.82) is 0 Å². The van der Waals surface area contributed by atoms with E-state index in [2.05, 4.69) is 10.2 Å². The number of aromatic nitrogens is 4. The highest BCUT2D eigenvalue weighted by molar-refractivity contribution is 5.75. The van der Waals surface area contributed by atoms with Crippen LogP contribution >= 0.6 is 0 Å². The summed E-state index contributed by atoms with van der Waals surface area (Å²) >= 11 is 0. The molecule has 2 aromatic rings. The van der Waals surface area contributed by atoms with Crippen molar-refractivity contribution in [3.05, 3.63) is 22.5 Å². The molecule has 0 radical (unpaired) electrons. The van der Waals surface area contributed by atoms with Gasteiger partial charge < -0.3 is 5.73 Å². The number of nitrogens with zero attached hydrogens (tertiary/aromatic N) is 5. The molecule has 0 aliphatic heterocycles. The standard InChI is InChI=1S/C14H14F4N6O2/c15-13(16)1-7(2-13)22-5-9(19)11(20-22)12-10(24(25)26)6-23(21-12)8-3-14(17,18)4-8/h5-8H,1-4,19H2. The second-order valence-corrected chi connectivity index (χ2v) is 6.85. The Kier molecular flexibility index (Phi) is 3.34. The lowest BCUT2D eigenvalue weighted by Gasteiger charge is -2.34. The zero-order chi connectivity index (χ0) is 18.9. The number of nitrogens with two attached hydrogens (primary N) is 1. The first-order chi connectivity index (χ1) is 12.0. The number of halogens is 4. The predicted molar refractivity (Wildman–Crippen MR) is 81.0 cm³/mol. The summed E-state index contributed by atoms with van der Waals surface area (Å²) in [7, 11) is 0. The van der Waals surface area contributed by atoms with E-state index in [0.29, 0.717) is 0 Å². The molecule has 0 saturated heterocycles. The Bertz CT molecular complexity index is 876. The highest BCUT2D eigenvalue weighted by Crippen LogP contribution is 2.47. The van der Waals surface area contributed by atoms with Crippen molar-refractivity contribution >= 4 is 11.4 Å². The van der Waals surface area contributed by atoms with Gasteiger partial charge in [0.2, 0.25) is 0 Å². The lowest BCUT2D eigenvalue weighted by atomic mass is 9.88. The van der Waals surface area contributed by atoms with E-state index in [1.165, 1.54) is 10.9 Å². The Morgan fingerprint density at radius 3 is 1.92 bits per heavy atom. The summed E-state index contributed by atoms with van der Waals surface area (Å²) in [5.41, 5.74) is 5.29. The van der Waals surface area contributed by atoms with Gasteiger partial charge in [-0.25, -0.2) is 17.6 Å². The van der Waals surface area contributed by atoms with Crippen molar-refractivity contribution in [1.82, 2.24) is 19.6 Å². The van der Waals surface area contributed by atoms with Crippen LogP contribution in [-0.2, 0) is 0 Å². The molecule has 4 rings (SSSR count). The normalized spacial score (nSPS) is 22.0. The average molecular weight is 374 g/mol. The van der Waals surface area contributed by atoms with Gasteiger partial charge in [0.25, 0.3) is 11.8 Å². The second-order valence-electron chi connectivity index (χ2n) is 6.85. The summed E-state index contributed by atoms with van der Waals surface area (Å²) in [6.07, 6.45) is 0.724. The molecule has 2 saturated carbocycles. The monoisotopic (exact) mass is 374 g/mol. The maximum absolute atomic E-state index is 13.1. The summed E-state index contributed by atoms with van der Waals surface area (Å²) in [4.78, 5) is 10.6. The van der Waals surface area contributed by atoms with E-state index < -0.39 is 47.4 Å². The van der Waals surface area contributed by atoms with Gasteiger partial charge >= 0.3 is 5.69 Å². The first-order valence-electron chi connectivity index (χ1n) is 7.89. The van der Waals surface area contributed by atoms with E-state index in [4.69, 9.17) is 5.73 Å². The second kappa shape index (κ2) is 5.17. The molecule has 140 valence electrons. The number of nitro groups is 1. The fraction of sp³-hybridized carbons (Fsp3) is 0.571. The van der Waals surface area contributed by atoms with Crippen LogP contribution < -0.4 is 5.73 Å². The molecule has 2 aromatic heterocycles. The Labute approximate surface area is 143 Å². The van der Waals surface area contributed by atoms with E-state index in [0.717, 1.165) is 10.9 Å². The fourth-order valence-corrected chi connectivity index (χ4v) is 3.28. The molecular formula is C14H14F4N6O2. The summed E-state index contributed by atoms with van der Waals surface area (Å²) in [6.45, 7) is 0. The van der Waals surface area contributed by atoms with Gasteiger partial charge in [-0.15, -0.1) is 0 Å². The Morgan fingerprint density at radius 2 is 1.46 bits per heavy atom. The van der Waals surface area contributed by atoms with Crippen LogP contribution in [0.1, 0.15) is 37.8 Å². The Hall–Kier alpha value is -2.66. The van der Waals surface area contributed by atoms with Crippen molar-refractivity contribution in [2.24, 2.45) is 0 Å². The number of hydrogen-bond acceptors (Lipinski definition) is 5. The lowest BCUT2D eigenvalue weighted by Crippen LogP contribution is -2.37. The number of nitrogen functional groups attached to an aromatic ring is 1. The number of anilines is 1. The van der Waals surface area contributed by atoms with Crippen molar-refractivity contribution in [2.75, 3.05) is 5.73 Å². The topological polar surface area (TPSA) is 105 Å². The van der Waals surface area contributed by atoms with Gasteiger partial charge in [-0.2, -0.15) is 10.2 Å². The van der Waals surface area contributed by atoms with Crippen LogP contribution in [0.25, 0.3) is 11.4 Å². The highest BCUT2D eigenvalue weighted by Gasteiger charge is 2.48. The molecule has 8 nitrogen and oxygen atoms in total.